The molecule has 3 heteroatoms. The Morgan fingerprint density at radius 2 is 2.15 bits per heavy atom. The second-order valence-corrected chi connectivity index (χ2v) is 6.11. The van der Waals surface area contributed by atoms with Gasteiger partial charge in [-0.2, -0.15) is 5.26 Å². The molecule has 0 spiro atoms. The molecule has 2 atom stereocenters. The lowest BCUT2D eigenvalue weighted by Crippen LogP contribution is -2.43. The molecular weight excluding hydrogens is 246 g/mol. The summed E-state index contributed by atoms with van der Waals surface area (Å²) in [5.74, 6) is 0.792. The van der Waals surface area contributed by atoms with E-state index in [1.807, 2.05) is 18.2 Å². The molecule has 2 unspecified atom stereocenters. The Labute approximate surface area is 121 Å². The van der Waals surface area contributed by atoms with Gasteiger partial charge in [0.05, 0.1) is 11.6 Å². The summed E-state index contributed by atoms with van der Waals surface area (Å²) in [7, 11) is 0. The summed E-state index contributed by atoms with van der Waals surface area (Å²) < 4.78 is 0. The highest BCUT2D eigenvalue weighted by Crippen LogP contribution is 2.26. The lowest BCUT2D eigenvalue weighted by molar-refractivity contribution is 0.145. The highest BCUT2D eigenvalue weighted by atomic mass is 15.1. The smallest absolute Gasteiger partial charge is 0.0995 e. The van der Waals surface area contributed by atoms with Gasteiger partial charge in [-0.3, -0.25) is 4.90 Å². The molecule has 2 saturated heterocycles. The van der Waals surface area contributed by atoms with Gasteiger partial charge in [-0.1, -0.05) is 18.2 Å². The van der Waals surface area contributed by atoms with Crippen molar-refractivity contribution in [2.24, 2.45) is 5.92 Å². The Morgan fingerprint density at radius 3 is 2.95 bits per heavy atom. The second-order valence-electron chi connectivity index (χ2n) is 6.11. The Bertz CT molecular complexity index is 485. The van der Waals surface area contributed by atoms with Crippen LogP contribution in [0.25, 0.3) is 0 Å². The Kier molecular flexibility index (Phi) is 4.34. The molecular formula is C17H23N3. The van der Waals surface area contributed by atoms with Crippen molar-refractivity contribution in [2.45, 2.75) is 38.3 Å². The molecule has 1 aromatic carbocycles. The van der Waals surface area contributed by atoms with Gasteiger partial charge in [0.1, 0.15) is 0 Å². The molecule has 0 bridgehead atoms. The molecule has 2 fully saturated rings. The van der Waals surface area contributed by atoms with Crippen molar-refractivity contribution >= 4 is 0 Å². The van der Waals surface area contributed by atoms with Gasteiger partial charge >= 0.3 is 0 Å². The van der Waals surface area contributed by atoms with Crippen LogP contribution in [0, 0.1) is 17.2 Å². The van der Waals surface area contributed by atoms with Crippen LogP contribution in [0.1, 0.15) is 36.8 Å². The molecule has 0 aliphatic carbocycles. The van der Waals surface area contributed by atoms with E-state index >= 15 is 0 Å². The van der Waals surface area contributed by atoms with Crippen LogP contribution in [0.5, 0.6) is 0 Å². The van der Waals surface area contributed by atoms with Crippen molar-refractivity contribution in [1.29, 1.82) is 5.26 Å². The number of benzene rings is 1. The van der Waals surface area contributed by atoms with E-state index in [1.165, 1.54) is 50.9 Å². The Hall–Kier alpha value is -1.37. The minimum absolute atomic E-state index is 0.726. The molecule has 2 heterocycles. The first-order valence-electron chi connectivity index (χ1n) is 7.80. The third kappa shape index (κ3) is 3.03. The largest absolute Gasteiger partial charge is 0.314 e. The summed E-state index contributed by atoms with van der Waals surface area (Å²) in [4.78, 5) is 2.53. The molecule has 20 heavy (non-hydrogen) atoms. The summed E-state index contributed by atoms with van der Waals surface area (Å²) in [6, 6.07) is 11.0. The maximum atomic E-state index is 9.19. The molecule has 2 aliphatic rings. The molecule has 1 N–H and O–H groups in total. The van der Waals surface area contributed by atoms with Crippen molar-refractivity contribution in [2.75, 3.05) is 19.6 Å². The van der Waals surface area contributed by atoms with Crippen molar-refractivity contribution in [3.8, 4) is 6.07 Å². The first kappa shape index (κ1) is 13.6. The van der Waals surface area contributed by atoms with Crippen LogP contribution in [0.4, 0.5) is 0 Å². The molecule has 0 radical (unpaired) electrons. The van der Waals surface area contributed by atoms with E-state index in [2.05, 4.69) is 22.4 Å². The van der Waals surface area contributed by atoms with Crippen LogP contribution in [0.2, 0.25) is 0 Å². The third-order valence-corrected chi connectivity index (χ3v) is 4.74. The van der Waals surface area contributed by atoms with E-state index in [0.717, 1.165) is 24.1 Å². The highest BCUT2D eigenvalue weighted by molar-refractivity contribution is 5.37. The van der Waals surface area contributed by atoms with E-state index in [1.54, 1.807) is 0 Å². The number of nitrogens with one attached hydrogen (secondary N) is 1. The van der Waals surface area contributed by atoms with Gasteiger partial charge < -0.3 is 5.32 Å². The maximum Gasteiger partial charge on any atom is 0.0995 e. The van der Waals surface area contributed by atoms with Gasteiger partial charge in [0.2, 0.25) is 0 Å². The highest BCUT2D eigenvalue weighted by Gasteiger charge is 2.29. The number of rotatable bonds is 3. The van der Waals surface area contributed by atoms with Crippen LogP contribution in [0.15, 0.2) is 24.3 Å². The summed E-state index contributed by atoms with van der Waals surface area (Å²) in [6.07, 6.45) is 5.32. The Balaban J connectivity index is 1.64. The molecule has 3 nitrogen and oxygen atoms in total. The number of likely N-dealkylation sites (tertiary alicyclic amines) is 1. The Morgan fingerprint density at radius 1 is 1.25 bits per heavy atom. The normalized spacial score (nSPS) is 27.4. The number of nitrogens with zero attached hydrogens (tertiary/aromatic N) is 2. The predicted octanol–water partition coefficient (Wildman–Crippen LogP) is 2.52. The standard InChI is InChI=1S/C17H23N3/c18-11-14-5-1-2-6-15(14)12-20-10-4-7-16(13-20)17-8-3-9-19-17/h1-2,5-6,16-17,19H,3-4,7-10,12-13H2. The average Bonchev–Trinajstić information content (AvgIpc) is 3.02. The van der Waals surface area contributed by atoms with Gasteiger partial charge in [-0.25, -0.2) is 0 Å². The van der Waals surface area contributed by atoms with E-state index in [-0.39, 0.29) is 0 Å². The predicted molar refractivity (Wildman–Crippen MR) is 80.2 cm³/mol. The van der Waals surface area contributed by atoms with Crippen LogP contribution in [0.3, 0.4) is 0 Å². The van der Waals surface area contributed by atoms with Gasteiger partial charge in [-0.15, -0.1) is 0 Å². The van der Waals surface area contributed by atoms with Crippen molar-refractivity contribution in [3.05, 3.63) is 35.4 Å². The van der Waals surface area contributed by atoms with Crippen molar-refractivity contribution < 1.29 is 0 Å². The molecule has 106 valence electrons. The molecule has 3 rings (SSSR count). The first-order valence-corrected chi connectivity index (χ1v) is 7.80. The van der Waals surface area contributed by atoms with E-state index in [4.69, 9.17) is 0 Å². The first-order chi connectivity index (χ1) is 9.86. The van der Waals surface area contributed by atoms with E-state index in [9.17, 15) is 5.26 Å². The van der Waals surface area contributed by atoms with E-state index in [0.29, 0.717) is 0 Å². The van der Waals surface area contributed by atoms with Crippen LogP contribution < -0.4 is 5.32 Å². The molecule has 1 aromatic rings. The topological polar surface area (TPSA) is 39.1 Å². The van der Waals surface area contributed by atoms with Crippen LogP contribution >= 0.6 is 0 Å². The minimum atomic E-state index is 0.726. The number of hydrogen-bond donors (Lipinski definition) is 1. The minimum Gasteiger partial charge on any atom is -0.314 e. The number of nitriles is 1. The van der Waals surface area contributed by atoms with E-state index < -0.39 is 0 Å². The van der Waals surface area contributed by atoms with Crippen LogP contribution in [-0.2, 0) is 6.54 Å². The van der Waals surface area contributed by atoms with Gasteiger partial charge in [0.15, 0.2) is 0 Å². The lowest BCUT2D eigenvalue weighted by Gasteiger charge is -2.36. The monoisotopic (exact) mass is 269 g/mol. The second kappa shape index (κ2) is 6.39. The summed E-state index contributed by atoms with van der Waals surface area (Å²) in [5.41, 5.74) is 2.00. The zero-order chi connectivity index (χ0) is 13.8. The quantitative estimate of drug-likeness (QED) is 0.916. The fourth-order valence-corrected chi connectivity index (χ4v) is 3.69. The molecule has 2 aliphatic heterocycles. The number of piperidine rings is 1. The maximum absolute atomic E-state index is 9.19. The van der Waals surface area contributed by atoms with Gasteiger partial charge in [0.25, 0.3) is 0 Å². The fraction of sp³-hybridized carbons (Fsp3) is 0.588. The number of hydrogen-bond acceptors (Lipinski definition) is 3. The van der Waals surface area contributed by atoms with Crippen molar-refractivity contribution in [3.63, 3.8) is 0 Å². The summed E-state index contributed by atoms with van der Waals surface area (Å²) >= 11 is 0. The molecule has 0 saturated carbocycles. The lowest BCUT2D eigenvalue weighted by atomic mass is 9.89. The summed E-state index contributed by atoms with van der Waals surface area (Å²) in [5, 5.41) is 12.8. The fourth-order valence-electron chi connectivity index (χ4n) is 3.69. The molecule has 0 aromatic heterocycles. The van der Waals surface area contributed by atoms with Gasteiger partial charge in [-0.05, 0) is 56.3 Å². The SMILES string of the molecule is N#Cc1ccccc1CN1CCCC(C2CCCN2)C1. The molecule has 0 amide bonds. The zero-order valence-electron chi connectivity index (χ0n) is 12.0. The van der Waals surface area contributed by atoms with Crippen molar-refractivity contribution in [1.82, 2.24) is 10.2 Å². The van der Waals surface area contributed by atoms with Gasteiger partial charge in [0, 0.05) is 19.1 Å². The third-order valence-electron chi connectivity index (χ3n) is 4.74. The summed E-state index contributed by atoms with van der Waals surface area (Å²) in [6.45, 7) is 4.46. The van der Waals surface area contributed by atoms with Crippen LogP contribution in [-0.4, -0.2) is 30.6 Å². The average molecular weight is 269 g/mol. The zero-order valence-corrected chi connectivity index (χ0v) is 12.0.